The van der Waals surface area contributed by atoms with Gasteiger partial charge in [0.15, 0.2) is 0 Å². The Morgan fingerprint density at radius 3 is 2.64 bits per heavy atom. The highest BCUT2D eigenvalue weighted by molar-refractivity contribution is 5.97. The van der Waals surface area contributed by atoms with Crippen molar-refractivity contribution in [2.45, 2.75) is 19.8 Å². The van der Waals surface area contributed by atoms with Crippen LogP contribution in [0.5, 0.6) is 0 Å². The zero-order valence-corrected chi connectivity index (χ0v) is 14.3. The first-order chi connectivity index (χ1) is 12.1. The van der Waals surface area contributed by atoms with E-state index in [1.54, 1.807) is 6.07 Å². The number of hydrogen-bond donors (Lipinski definition) is 0. The Hall–Kier alpha value is -2.69. The van der Waals surface area contributed by atoms with Gasteiger partial charge in [0.05, 0.1) is 0 Å². The summed E-state index contributed by atoms with van der Waals surface area (Å²) >= 11 is 0. The lowest BCUT2D eigenvalue weighted by molar-refractivity contribution is -0.117. The predicted octanol–water partition coefficient (Wildman–Crippen LogP) is 2.66. The summed E-state index contributed by atoms with van der Waals surface area (Å²) in [4.78, 5) is 33.3. The predicted molar refractivity (Wildman–Crippen MR) is 95.3 cm³/mol. The highest BCUT2D eigenvalue weighted by atomic mass is 16.2. The standard InChI is InChI=1S/C20H21N3O2/c1-15-6-5-9-17(21-15)19(25)22-11-10-20(13-22)12-18(24)23(14-20)16-7-3-2-4-8-16/h2-9H,10-14H2,1H3/t20-/m1/s1. The number of pyridine rings is 1. The van der Waals surface area contributed by atoms with Crippen molar-refractivity contribution in [1.29, 1.82) is 0 Å². The van der Waals surface area contributed by atoms with Gasteiger partial charge in [-0.25, -0.2) is 4.98 Å². The Labute approximate surface area is 147 Å². The van der Waals surface area contributed by atoms with Crippen molar-refractivity contribution in [3.63, 3.8) is 0 Å². The van der Waals surface area contributed by atoms with Gasteiger partial charge in [-0.2, -0.15) is 0 Å². The average Bonchev–Trinajstić information content (AvgIpc) is 3.18. The number of para-hydroxylation sites is 1. The Morgan fingerprint density at radius 2 is 1.88 bits per heavy atom. The van der Waals surface area contributed by atoms with Crippen molar-refractivity contribution in [3.05, 3.63) is 59.9 Å². The maximum absolute atomic E-state index is 12.7. The van der Waals surface area contributed by atoms with Crippen molar-refractivity contribution in [3.8, 4) is 0 Å². The molecule has 25 heavy (non-hydrogen) atoms. The first kappa shape index (κ1) is 15.8. The lowest BCUT2D eigenvalue weighted by Gasteiger charge is -2.24. The van der Waals surface area contributed by atoms with E-state index in [0.29, 0.717) is 31.7 Å². The summed E-state index contributed by atoms with van der Waals surface area (Å²) < 4.78 is 0. The number of aromatic nitrogens is 1. The molecule has 2 aromatic rings. The molecule has 0 aliphatic carbocycles. The zero-order valence-electron chi connectivity index (χ0n) is 14.3. The van der Waals surface area contributed by atoms with Crippen molar-refractivity contribution < 1.29 is 9.59 Å². The second kappa shape index (κ2) is 5.99. The molecule has 0 radical (unpaired) electrons. The SMILES string of the molecule is Cc1cccc(C(=O)N2CC[C@@]3(CC(=O)N(c4ccccc4)C3)C2)n1. The Kier molecular flexibility index (Phi) is 3.79. The van der Waals surface area contributed by atoms with Crippen LogP contribution in [0.3, 0.4) is 0 Å². The highest BCUT2D eigenvalue weighted by Crippen LogP contribution is 2.42. The third kappa shape index (κ3) is 2.90. The molecule has 2 saturated heterocycles. The summed E-state index contributed by atoms with van der Waals surface area (Å²) in [6.07, 6.45) is 1.37. The van der Waals surface area contributed by atoms with Gasteiger partial charge in [0, 0.05) is 42.9 Å². The Bertz CT molecular complexity index is 821. The number of rotatable bonds is 2. The van der Waals surface area contributed by atoms with E-state index in [4.69, 9.17) is 0 Å². The van der Waals surface area contributed by atoms with Crippen molar-refractivity contribution in [2.75, 3.05) is 24.5 Å². The molecule has 2 amide bonds. The molecule has 0 N–H and O–H groups in total. The number of amides is 2. The van der Waals surface area contributed by atoms with Crippen LogP contribution in [-0.2, 0) is 4.79 Å². The first-order valence-corrected chi connectivity index (χ1v) is 8.65. The third-order valence-electron chi connectivity index (χ3n) is 5.22. The van der Waals surface area contributed by atoms with Crippen LogP contribution in [0.25, 0.3) is 0 Å². The van der Waals surface area contributed by atoms with Gasteiger partial charge in [0.1, 0.15) is 5.69 Å². The zero-order chi connectivity index (χ0) is 17.4. The van der Waals surface area contributed by atoms with E-state index in [1.807, 2.05) is 59.2 Å². The van der Waals surface area contributed by atoms with Gasteiger partial charge in [0.25, 0.3) is 5.91 Å². The van der Waals surface area contributed by atoms with Gasteiger partial charge >= 0.3 is 0 Å². The normalized spacial score (nSPS) is 22.8. The van der Waals surface area contributed by atoms with Crippen LogP contribution in [0.4, 0.5) is 5.69 Å². The van der Waals surface area contributed by atoms with Crippen LogP contribution in [-0.4, -0.2) is 41.3 Å². The van der Waals surface area contributed by atoms with Gasteiger partial charge in [0.2, 0.25) is 5.91 Å². The minimum Gasteiger partial charge on any atom is -0.337 e. The number of anilines is 1. The summed E-state index contributed by atoms with van der Waals surface area (Å²) in [6.45, 7) is 3.87. The van der Waals surface area contributed by atoms with E-state index in [-0.39, 0.29) is 17.2 Å². The van der Waals surface area contributed by atoms with E-state index < -0.39 is 0 Å². The fraction of sp³-hybridized carbons (Fsp3) is 0.350. The Morgan fingerprint density at radius 1 is 1.08 bits per heavy atom. The Balaban J connectivity index is 1.50. The van der Waals surface area contributed by atoms with Crippen molar-refractivity contribution >= 4 is 17.5 Å². The van der Waals surface area contributed by atoms with Crippen LogP contribution in [0, 0.1) is 12.3 Å². The van der Waals surface area contributed by atoms with Gasteiger partial charge in [-0.15, -0.1) is 0 Å². The number of carbonyl (C=O) groups is 2. The molecule has 1 aromatic carbocycles. The van der Waals surface area contributed by atoms with Crippen LogP contribution in [0.15, 0.2) is 48.5 Å². The van der Waals surface area contributed by atoms with Gasteiger partial charge < -0.3 is 9.80 Å². The van der Waals surface area contributed by atoms with Crippen molar-refractivity contribution in [2.24, 2.45) is 5.41 Å². The fourth-order valence-electron chi connectivity index (χ4n) is 3.94. The van der Waals surface area contributed by atoms with Gasteiger partial charge in [-0.05, 0) is 37.6 Å². The lowest BCUT2D eigenvalue weighted by atomic mass is 9.86. The molecule has 2 aliphatic rings. The summed E-state index contributed by atoms with van der Waals surface area (Å²) in [7, 11) is 0. The van der Waals surface area contributed by atoms with E-state index in [2.05, 4.69) is 4.98 Å². The topological polar surface area (TPSA) is 53.5 Å². The largest absolute Gasteiger partial charge is 0.337 e. The molecule has 2 fully saturated rings. The number of carbonyl (C=O) groups excluding carboxylic acids is 2. The second-order valence-corrected chi connectivity index (χ2v) is 7.13. The van der Waals surface area contributed by atoms with Gasteiger partial charge in [-0.1, -0.05) is 24.3 Å². The lowest BCUT2D eigenvalue weighted by Crippen LogP contribution is -2.34. The molecular weight excluding hydrogens is 314 g/mol. The van der Waals surface area contributed by atoms with Gasteiger partial charge in [-0.3, -0.25) is 9.59 Å². The molecule has 0 unspecified atom stereocenters. The molecule has 1 atom stereocenters. The van der Waals surface area contributed by atoms with Crippen LogP contribution in [0.1, 0.15) is 29.0 Å². The molecule has 0 bridgehead atoms. The molecule has 3 heterocycles. The summed E-state index contributed by atoms with van der Waals surface area (Å²) in [5.41, 5.74) is 2.13. The molecule has 5 nitrogen and oxygen atoms in total. The minimum atomic E-state index is -0.133. The highest BCUT2D eigenvalue weighted by Gasteiger charge is 2.48. The summed E-state index contributed by atoms with van der Waals surface area (Å²) in [5, 5.41) is 0. The number of likely N-dealkylation sites (tertiary alicyclic amines) is 1. The maximum atomic E-state index is 12.7. The van der Waals surface area contributed by atoms with E-state index in [1.165, 1.54) is 0 Å². The van der Waals surface area contributed by atoms with Crippen LogP contribution < -0.4 is 4.90 Å². The quantitative estimate of drug-likeness (QED) is 0.848. The number of hydrogen-bond acceptors (Lipinski definition) is 3. The molecule has 128 valence electrons. The third-order valence-corrected chi connectivity index (χ3v) is 5.22. The van der Waals surface area contributed by atoms with E-state index in [9.17, 15) is 9.59 Å². The summed E-state index contributed by atoms with van der Waals surface area (Å²) in [5.74, 6) is 0.111. The van der Waals surface area contributed by atoms with Crippen molar-refractivity contribution in [1.82, 2.24) is 9.88 Å². The maximum Gasteiger partial charge on any atom is 0.272 e. The molecular formula is C20H21N3O2. The molecule has 5 heteroatoms. The summed E-state index contributed by atoms with van der Waals surface area (Å²) in [6, 6.07) is 15.3. The first-order valence-electron chi connectivity index (χ1n) is 8.65. The van der Waals surface area contributed by atoms with Crippen LogP contribution in [0.2, 0.25) is 0 Å². The molecule has 1 aromatic heterocycles. The van der Waals surface area contributed by atoms with E-state index >= 15 is 0 Å². The molecule has 1 spiro atoms. The molecule has 4 rings (SSSR count). The number of aryl methyl sites for hydroxylation is 1. The molecule has 0 saturated carbocycles. The second-order valence-electron chi connectivity index (χ2n) is 7.13. The monoisotopic (exact) mass is 335 g/mol. The number of benzene rings is 1. The molecule has 2 aliphatic heterocycles. The number of nitrogens with zero attached hydrogens (tertiary/aromatic N) is 3. The fourth-order valence-corrected chi connectivity index (χ4v) is 3.94. The smallest absolute Gasteiger partial charge is 0.272 e. The van der Waals surface area contributed by atoms with Crippen LogP contribution >= 0.6 is 0 Å². The minimum absolute atomic E-state index is 0.0359. The average molecular weight is 335 g/mol. The van der Waals surface area contributed by atoms with E-state index in [0.717, 1.165) is 17.8 Å².